The number of para-hydroxylation sites is 6. The van der Waals surface area contributed by atoms with E-state index in [9.17, 15) is 19.2 Å². The minimum Gasteiger partial charge on any atom is -0.456 e. The van der Waals surface area contributed by atoms with Crippen molar-refractivity contribution in [3.8, 4) is 22.5 Å². The van der Waals surface area contributed by atoms with Crippen molar-refractivity contribution in [2.75, 3.05) is 9.80 Å². The van der Waals surface area contributed by atoms with Gasteiger partial charge < -0.3 is 27.8 Å². The van der Waals surface area contributed by atoms with Crippen LogP contribution in [0.25, 0.3) is 110 Å². The van der Waals surface area contributed by atoms with Crippen molar-refractivity contribution in [3.63, 3.8) is 0 Å². The summed E-state index contributed by atoms with van der Waals surface area (Å²) in [6, 6.07) is 20.8. The van der Waals surface area contributed by atoms with Crippen molar-refractivity contribution in [2.24, 2.45) is 0 Å². The average Bonchev–Trinajstić information content (AvgIpc) is 1.09. The van der Waals surface area contributed by atoms with E-state index in [1.165, 1.54) is 0 Å². The molecular formula is C76H51BN4O2. The molecule has 0 N–H and O–H groups in total. The van der Waals surface area contributed by atoms with E-state index >= 15 is 0 Å². The Labute approximate surface area is 509 Å². The average molecular weight is 1090 g/mol. The summed E-state index contributed by atoms with van der Waals surface area (Å²) in [5.41, 5.74) is 1.35. The molecule has 0 saturated heterocycles. The van der Waals surface area contributed by atoms with Crippen LogP contribution in [0.1, 0.15) is 56.5 Å². The van der Waals surface area contributed by atoms with Gasteiger partial charge in [0.1, 0.15) is 22.3 Å². The first-order valence-electron chi connectivity index (χ1n) is 38.0. The van der Waals surface area contributed by atoms with Crippen LogP contribution in [0.5, 0.6) is 0 Å². The number of nitrogens with zero attached hydrogens (tertiary/aromatic N) is 4. The van der Waals surface area contributed by atoms with Gasteiger partial charge in [0.25, 0.3) is 6.71 Å². The summed E-state index contributed by atoms with van der Waals surface area (Å²) in [5.74, 6) is 0. The van der Waals surface area contributed by atoms with E-state index in [-0.39, 0.29) is 60.6 Å². The smallest absolute Gasteiger partial charge is 0.252 e. The molecule has 18 rings (SSSR count). The van der Waals surface area contributed by atoms with E-state index < -0.39 is 173 Å². The number of furan rings is 2. The molecule has 6 heterocycles. The summed E-state index contributed by atoms with van der Waals surface area (Å²) in [4.78, 5) is 3.47. The van der Waals surface area contributed by atoms with Crippen molar-refractivity contribution in [2.45, 2.75) is 26.2 Å². The van der Waals surface area contributed by atoms with Crippen molar-refractivity contribution < 1.29 is 39.0 Å². The van der Waals surface area contributed by atoms with Gasteiger partial charge >= 0.3 is 0 Å². The van der Waals surface area contributed by atoms with Gasteiger partial charge in [-0.1, -0.05) is 178 Å². The molecule has 2 aliphatic rings. The van der Waals surface area contributed by atoms with Crippen LogP contribution in [0.3, 0.4) is 0 Å². The first kappa shape index (κ1) is 29.8. The summed E-state index contributed by atoms with van der Waals surface area (Å²) in [5, 5.41) is 0.763. The third-order valence-corrected chi connectivity index (χ3v) is 16.4. The maximum atomic E-state index is 11.2. The van der Waals surface area contributed by atoms with Crippen molar-refractivity contribution >= 4 is 145 Å². The third kappa shape index (κ3) is 6.56. The number of hydrogen-bond acceptors (Lipinski definition) is 4. The molecule has 0 fully saturated rings. The lowest BCUT2D eigenvalue weighted by molar-refractivity contribution is 0.590. The number of anilines is 6. The van der Waals surface area contributed by atoms with Gasteiger partial charge in [-0.2, -0.15) is 0 Å². The Balaban J connectivity index is 1.09. The molecule has 83 heavy (non-hydrogen) atoms. The van der Waals surface area contributed by atoms with Gasteiger partial charge in [0, 0.05) is 66.4 Å². The molecule has 390 valence electrons. The fraction of sp³-hybridized carbons (Fsp3) is 0.0526. The number of benzene rings is 12. The highest BCUT2D eigenvalue weighted by Crippen LogP contribution is 2.52. The van der Waals surface area contributed by atoms with Gasteiger partial charge in [-0.05, 0) is 135 Å². The summed E-state index contributed by atoms with van der Waals surface area (Å²) >= 11 is 0. The SMILES string of the molecule is [2H]c1c([2H])c(-n2c3c([2H])c([2H])c([2H])c([2H])c3c3c([2H])c([2H])c([2H])c([2H])c32)c([2H])c2c1B1c3c(cc(-c4ccc(C(C)(C)C)cc4)cc3N(c3cccc4oc5ccccc5c34)c3c([2H])c(-n4c5c([2H])c([2H])c([2H])c([2H])c5c5c([2H])c([2H])c([2H])c([2H])c54)c([2H])c([2H])c31)N2c1cccc2oc3ccccc3c12. The lowest BCUT2D eigenvalue weighted by Gasteiger charge is -2.45. The van der Waals surface area contributed by atoms with Crippen LogP contribution in [0.2, 0.25) is 0 Å². The van der Waals surface area contributed by atoms with Crippen molar-refractivity contribution in [1.82, 2.24) is 9.13 Å². The second kappa shape index (κ2) is 17.0. The monoisotopic (exact) mass is 1080 g/mol. The number of hydrogen-bond donors (Lipinski definition) is 0. The molecule has 6 nitrogen and oxygen atoms in total. The molecular weight excluding hydrogens is 1010 g/mol. The summed E-state index contributed by atoms with van der Waals surface area (Å²) in [6.07, 6.45) is 0. The maximum Gasteiger partial charge on any atom is 0.252 e. The molecule has 0 spiro atoms. The van der Waals surface area contributed by atoms with E-state index in [0.29, 0.717) is 71.8 Å². The minimum atomic E-state index is -1.60. The molecule has 0 bridgehead atoms. The van der Waals surface area contributed by atoms with E-state index in [1.54, 1.807) is 70.5 Å². The standard InChI is InChI=1S/C76H51BN4O2/c1-76(2,3)48-36-34-46(35-37-48)47-42-67-75-68(43-47)81(64-29-17-33-72-74(64)56-23-9-15-31-70(56)83-72)66-45-50(79-61-26-12-6-20-53(61)54-21-7-13-27-62(54)79)39-41-58(66)77(75)57-40-38-49(78-59-24-10-4-18-51(59)52-19-5-11-25-60(52)78)44-65(57)80(67)63-28-16-32-71-73(63)55-22-8-14-30-69(55)82-71/h4-45H,1-3H3/i4D,5D,6D,7D,10D,11D,12D,13D,18D,19D,20D,21D,24D,25D,26D,27D,38D,39D,40D,41D,44D,45D. The normalized spacial score (nSPS) is 16.9. The molecule has 0 radical (unpaired) electrons. The highest BCUT2D eigenvalue weighted by atomic mass is 16.3. The minimum absolute atomic E-state index is 0.174. The first-order chi connectivity index (χ1) is 50.0. The zero-order chi connectivity index (χ0) is 74.0. The second-order valence-electron chi connectivity index (χ2n) is 21.9. The summed E-state index contributed by atoms with van der Waals surface area (Å²) in [7, 11) is 0. The van der Waals surface area contributed by atoms with Gasteiger partial charge in [-0.25, -0.2) is 0 Å². The van der Waals surface area contributed by atoms with Gasteiger partial charge in [0.2, 0.25) is 0 Å². The fourth-order valence-electron chi connectivity index (χ4n) is 12.8. The molecule has 0 unspecified atom stereocenters. The maximum absolute atomic E-state index is 11.2. The Hall–Kier alpha value is -10.5. The molecule has 0 saturated carbocycles. The predicted octanol–water partition coefficient (Wildman–Crippen LogP) is 18.7. The predicted molar refractivity (Wildman–Crippen MR) is 348 cm³/mol. The zero-order valence-electron chi connectivity index (χ0n) is 66.2. The van der Waals surface area contributed by atoms with E-state index in [1.807, 2.05) is 60.7 Å². The van der Waals surface area contributed by atoms with Crippen LogP contribution >= 0.6 is 0 Å². The molecule has 2 aliphatic heterocycles. The highest BCUT2D eigenvalue weighted by Gasteiger charge is 2.45. The van der Waals surface area contributed by atoms with Crippen LogP contribution in [0, 0.1) is 0 Å². The van der Waals surface area contributed by atoms with Crippen molar-refractivity contribution in [1.29, 1.82) is 0 Å². The summed E-state index contributed by atoms with van der Waals surface area (Å²) < 4.78 is 229. The van der Waals surface area contributed by atoms with Crippen molar-refractivity contribution in [3.05, 3.63) is 260 Å². The van der Waals surface area contributed by atoms with Gasteiger partial charge in [0.15, 0.2) is 0 Å². The highest BCUT2D eigenvalue weighted by molar-refractivity contribution is 7.00. The van der Waals surface area contributed by atoms with Gasteiger partial charge in [0.05, 0.1) is 74.4 Å². The van der Waals surface area contributed by atoms with Crippen LogP contribution in [-0.4, -0.2) is 15.8 Å². The van der Waals surface area contributed by atoms with E-state index in [4.69, 9.17) is 19.8 Å². The van der Waals surface area contributed by atoms with E-state index in [0.717, 1.165) is 14.7 Å². The quantitative estimate of drug-likeness (QED) is 0.161. The summed E-state index contributed by atoms with van der Waals surface area (Å²) in [6.45, 7) is 4.63. The number of fused-ring (bicyclic) bond motifs is 16. The lowest BCUT2D eigenvalue weighted by atomic mass is 9.33. The molecule has 7 heteroatoms. The van der Waals surface area contributed by atoms with Gasteiger partial charge in [-0.3, -0.25) is 0 Å². The second-order valence-corrected chi connectivity index (χ2v) is 21.9. The van der Waals surface area contributed by atoms with Gasteiger partial charge in [-0.15, -0.1) is 0 Å². The Morgan fingerprint density at radius 1 is 0.373 bits per heavy atom. The molecule has 0 aliphatic carbocycles. The molecule has 12 aromatic carbocycles. The fourth-order valence-corrected chi connectivity index (χ4v) is 12.8. The van der Waals surface area contributed by atoms with Crippen LogP contribution in [-0.2, 0) is 5.41 Å². The zero-order valence-corrected chi connectivity index (χ0v) is 44.2. The molecule has 0 atom stereocenters. The Kier molecular flexibility index (Phi) is 6.11. The Bertz CT molecular complexity index is 6250. The molecule has 4 aromatic heterocycles. The largest absolute Gasteiger partial charge is 0.456 e. The Morgan fingerprint density at radius 3 is 1.22 bits per heavy atom. The molecule has 0 amide bonds. The molecule has 16 aromatic rings. The van der Waals surface area contributed by atoms with Crippen LogP contribution in [0.15, 0.2) is 263 Å². The third-order valence-electron chi connectivity index (χ3n) is 16.4. The van der Waals surface area contributed by atoms with Crippen LogP contribution < -0.4 is 26.2 Å². The van der Waals surface area contributed by atoms with E-state index in [2.05, 4.69) is 20.8 Å². The van der Waals surface area contributed by atoms with Crippen LogP contribution in [0.4, 0.5) is 34.1 Å². The number of aromatic nitrogens is 2. The topological polar surface area (TPSA) is 42.6 Å². The number of rotatable bonds is 5. The first-order valence-corrected chi connectivity index (χ1v) is 27.0. The lowest BCUT2D eigenvalue weighted by Crippen LogP contribution is -2.61. The Morgan fingerprint density at radius 2 is 0.783 bits per heavy atom.